The van der Waals surface area contributed by atoms with Gasteiger partial charge in [-0.05, 0) is 53.3 Å². The summed E-state index contributed by atoms with van der Waals surface area (Å²) >= 11 is 11.3. The highest BCUT2D eigenvalue weighted by molar-refractivity contribution is 7.80. The summed E-state index contributed by atoms with van der Waals surface area (Å²) in [4.78, 5) is 4.13. The molecule has 0 spiro atoms. The average Bonchev–Trinajstić information content (AvgIpc) is 3.24. The van der Waals surface area contributed by atoms with Gasteiger partial charge in [0.15, 0.2) is 5.11 Å². The predicted molar refractivity (Wildman–Crippen MR) is 123 cm³/mol. The van der Waals surface area contributed by atoms with Crippen LogP contribution in [0, 0.1) is 0 Å². The summed E-state index contributed by atoms with van der Waals surface area (Å²) in [5.74, 6) is 0. The molecule has 4 aromatic rings. The molecule has 0 aliphatic carbocycles. The minimum atomic E-state index is 0.149. The van der Waals surface area contributed by atoms with Crippen molar-refractivity contribution in [3.63, 3.8) is 0 Å². The van der Waals surface area contributed by atoms with Crippen LogP contribution in [0.5, 0.6) is 0 Å². The molecule has 0 fully saturated rings. The fraction of sp³-hybridized carbons (Fsp3) is 0.0455. The molecule has 3 aromatic carbocycles. The third kappa shape index (κ3) is 4.45. The minimum Gasteiger partial charge on any atom is -0.374 e. The molecule has 29 heavy (non-hydrogen) atoms. The molecular weight excluding hydrogens is 402 g/mol. The molecule has 0 saturated carbocycles. The molecule has 144 valence electrons. The van der Waals surface area contributed by atoms with Crippen LogP contribution in [0.15, 0.2) is 90.6 Å². The van der Waals surface area contributed by atoms with Gasteiger partial charge in [0.2, 0.25) is 0 Å². The van der Waals surface area contributed by atoms with Crippen molar-refractivity contribution in [2.45, 2.75) is 6.54 Å². The zero-order valence-electron chi connectivity index (χ0n) is 15.4. The fourth-order valence-electron chi connectivity index (χ4n) is 3.04. The van der Waals surface area contributed by atoms with E-state index < -0.39 is 0 Å². The van der Waals surface area contributed by atoms with E-state index in [9.17, 15) is 0 Å². The number of aromatic nitrogens is 2. The van der Waals surface area contributed by atoms with Crippen molar-refractivity contribution in [2.75, 3.05) is 5.01 Å². The molecule has 0 amide bonds. The number of hydrogen-bond acceptors (Lipinski definition) is 3. The molecule has 0 unspecified atom stereocenters. The van der Waals surface area contributed by atoms with Crippen LogP contribution in [0.3, 0.4) is 0 Å². The molecule has 1 heterocycles. The van der Waals surface area contributed by atoms with E-state index in [1.807, 2.05) is 35.0 Å². The second-order valence-electron chi connectivity index (χ2n) is 6.47. The average molecular weight is 420 g/mol. The highest BCUT2D eigenvalue weighted by atomic mass is 35.5. The molecular formula is C22H18ClN5S. The Morgan fingerprint density at radius 1 is 1.07 bits per heavy atom. The maximum Gasteiger partial charge on any atom is 0.191 e. The number of hydrazone groups is 1. The Morgan fingerprint density at radius 2 is 1.83 bits per heavy atom. The Hall–Kier alpha value is -3.22. The molecule has 7 heteroatoms. The van der Waals surface area contributed by atoms with Gasteiger partial charge in [0.05, 0.1) is 24.3 Å². The Balaban J connectivity index is 1.81. The highest BCUT2D eigenvalue weighted by Gasteiger charge is 2.13. The largest absolute Gasteiger partial charge is 0.374 e. The summed E-state index contributed by atoms with van der Waals surface area (Å²) in [5, 5.41) is 9.46. The number of nitrogens with zero attached hydrogens (tertiary/aromatic N) is 4. The molecule has 0 bridgehead atoms. The number of rotatable bonds is 5. The van der Waals surface area contributed by atoms with Gasteiger partial charge in [-0.3, -0.25) is 0 Å². The van der Waals surface area contributed by atoms with Crippen LogP contribution in [-0.2, 0) is 6.54 Å². The topological polar surface area (TPSA) is 59.4 Å². The van der Waals surface area contributed by atoms with Crippen LogP contribution < -0.4 is 10.7 Å². The lowest BCUT2D eigenvalue weighted by Gasteiger charge is -2.20. The Kier molecular flexibility index (Phi) is 5.55. The van der Waals surface area contributed by atoms with E-state index in [0.29, 0.717) is 11.6 Å². The van der Waals surface area contributed by atoms with E-state index in [0.717, 1.165) is 22.3 Å². The Labute approximate surface area is 179 Å². The Morgan fingerprint density at radius 3 is 2.52 bits per heavy atom. The molecule has 0 saturated heterocycles. The van der Waals surface area contributed by atoms with Gasteiger partial charge in [0, 0.05) is 23.0 Å². The van der Waals surface area contributed by atoms with Gasteiger partial charge in [-0.2, -0.15) is 5.10 Å². The maximum atomic E-state index is 6.02. The quantitative estimate of drug-likeness (QED) is 0.285. The fourth-order valence-corrected chi connectivity index (χ4v) is 3.31. The third-order valence-electron chi connectivity index (χ3n) is 4.47. The second-order valence-corrected chi connectivity index (χ2v) is 7.32. The van der Waals surface area contributed by atoms with Crippen molar-refractivity contribution in [1.82, 2.24) is 9.55 Å². The van der Waals surface area contributed by atoms with Crippen molar-refractivity contribution in [1.29, 1.82) is 0 Å². The number of benzene rings is 3. The second kappa shape index (κ2) is 8.43. The number of anilines is 1. The first-order valence-corrected chi connectivity index (χ1v) is 9.76. The zero-order valence-corrected chi connectivity index (χ0v) is 17.0. The van der Waals surface area contributed by atoms with Gasteiger partial charge in [0.1, 0.15) is 0 Å². The number of fused-ring (bicyclic) bond motifs is 1. The molecule has 0 atom stereocenters. The number of imidazole rings is 1. The van der Waals surface area contributed by atoms with Gasteiger partial charge in [0.25, 0.3) is 0 Å². The van der Waals surface area contributed by atoms with Crippen LogP contribution >= 0.6 is 23.8 Å². The molecule has 1 aromatic heterocycles. The van der Waals surface area contributed by atoms with E-state index in [1.165, 1.54) is 5.39 Å². The third-order valence-corrected chi connectivity index (χ3v) is 4.90. The van der Waals surface area contributed by atoms with Crippen molar-refractivity contribution in [3.8, 4) is 0 Å². The standard InChI is InChI=1S/C22H18ClN5S/c23-19-7-9-20(10-8-19)28(22(24)29)26-21(14-27-12-11-25-15-27)18-6-5-16-3-1-2-4-17(16)13-18/h1-13,15H,14H2,(H2,24,29). The molecule has 4 rings (SSSR count). The lowest BCUT2D eigenvalue weighted by atomic mass is 10.0. The van der Waals surface area contributed by atoms with Gasteiger partial charge < -0.3 is 10.3 Å². The van der Waals surface area contributed by atoms with E-state index >= 15 is 0 Å². The van der Waals surface area contributed by atoms with Gasteiger partial charge in [-0.25, -0.2) is 9.99 Å². The lowest BCUT2D eigenvalue weighted by Crippen LogP contribution is -2.32. The van der Waals surface area contributed by atoms with Crippen LogP contribution in [0.25, 0.3) is 10.8 Å². The number of hydrogen-bond donors (Lipinski definition) is 1. The van der Waals surface area contributed by atoms with Crippen LogP contribution in [-0.4, -0.2) is 20.4 Å². The SMILES string of the molecule is NC(=S)N(N=C(Cn1ccnc1)c1ccc2ccccc2c1)c1ccc(Cl)cc1. The first-order chi connectivity index (χ1) is 14.1. The van der Waals surface area contributed by atoms with E-state index in [1.54, 1.807) is 29.7 Å². The minimum absolute atomic E-state index is 0.149. The van der Waals surface area contributed by atoms with Gasteiger partial charge in [-0.15, -0.1) is 0 Å². The lowest BCUT2D eigenvalue weighted by molar-refractivity contribution is 0.845. The molecule has 0 aliphatic heterocycles. The summed E-state index contributed by atoms with van der Waals surface area (Å²) in [5.41, 5.74) is 8.52. The molecule has 5 nitrogen and oxygen atoms in total. The summed E-state index contributed by atoms with van der Waals surface area (Å²) in [7, 11) is 0. The van der Waals surface area contributed by atoms with Crippen LogP contribution in [0.4, 0.5) is 5.69 Å². The van der Waals surface area contributed by atoms with E-state index in [4.69, 9.17) is 34.7 Å². The smallest absolute Gasteiger partial charge is 0.191 e. The molecule has 0 aliphatic rings. The van der Waals surface area contributed by atoms with Crippen LogP contribution in [0.1, 0.15) is 5.56 Å². The monoisotopic (exact) mass is 419 g/mol. The highest BCUT2D eigenvalue weighted by Crippen LogP contribution is 2.21. The maximum absolute atomic E-state index is 6.02. The Bertz CT molecular complexity index is 1170. The van der Waals surface area contributed by atoms with Crippen molar-refractivity contribution in [2.24, 2.45) is 10.8 Å². The van der Waals surface area contributed by atoms with Gasteiger partial charge in [-0.1, -0.05) is 48.0 Å². The predicted octanol–water partition coefficient (Wildman–Crippen LogP) is 4.84. The summed E-state index contributed by atoms with van der Waals surface area (Å²) in [6, 6.07) is 21.7. The number of thiocarbonyl (C=S) groups is 1. The van der Waals surface area contributed by atoms with Crippen molar-refractivity contribution < 1.29 is 0 Å². The van der Waals surface area contributed by atoms with Crippen molar-refractivity contribution >= 4 is 51.1 Å². The molecule has 0 radical (unpaired) electrons. The number of halogens is 1. The first kappa shape index (κ1) is 19.1. The zero-order chi connectivity index (χ0) is 20.2. The summed E-state index contributed by atoms with van der Waals surface area (Å²) < 4.78 is 1.95. The van der Waals surface area contributed by atoms with Gasteiger partial charge >= 0.3 is 0 Å². The summed E-state index contributed by atoms with van der Waals surface area (Å²) in [6.07, 6.45) is 5.39. The number of nitrogens with two attached hydrogens (primary N) is 1. The van der Waals surface area contributed by atoms with Crippen molar-refractivity contribution in [3.05, 3.63) is 96.0 Å². The first-order valence-electron chi connectivity index (χ1n) is 8.98. The van der Waals surface area contributed by atoms with E-state index in [-0.39, 0.29) is 5.11 Å². The molecule has 2 N–H and O–H groups in total. The normalized spacial score (nSPS) is 11.6. The van der Waals surface area contributed by atoms with Crippen LogP contribution in [0.2, 0.25) is 5.02 Å². The summed E-state index contributed by atoms with van der Waals surface area (Å²) in [6.45, 7) is 0.519. The van der Waals surface area contributed by atoms with E-state index in [2.05, 4.69) is 35.3 Å².